The van der Waals surface area contributed by atoms with E-state index in [1.165, 1.54) is 10.9 Å². The quantitative estimate of drug-likeness (QED) is 0.569. The maximum atomic E-state index is 12.4. The third kappa shape index (κ3) is 5.42. The molecule has 0 saturated heterocycles. The van der Waals surface area contributed by atoms with Crippen LogP contribution in [0.3, 0.4) is 0 Å². The van der Waals surface area contributed by atoms with Crippen LogP contribution >= 0.6 is 0 Å². The fourth-order valence-corrected chi connectivity index (χ4v) is 3.45. The summed E-state index contributed by atoms with van der Waals surface area (Å²) in [4.78, 5) is 13.5. The summed E-state index contributed by atoms with van der Waals surface area (Å²) >= 11 is 0. The monoisotopic (exact) mass is 409 g/mol. The highest BCUT2D eigenvalue weighted by atomic mass is 16.5. The second-order valence-electron chi connectivity index (χ2n) is 7.32. The Hall–Kier alpha value is -3.25. The summed E-state index contributed by atoms with van der Waals surface area (Å²) in [6.45, 7) is 1.62. The number of amides is 1. The van der Waals surface area contributed by atoms with Gasteiger partial charge in [0.25, 0.3) is 5.91 Å². The van der Waals surface area contributed by atoms with Crippen molar-refractivity contribution < 1.29 is 23.9 Å². The van der Waals surface area contributed by atoms with E-state index < -0.39 is 0 Å². The molecule has 1 amide bonds. The van der Waals surface area contributed by atoms with E-state index >= 15 is 0 Å². The van der Waals surface area contributed by atoms with Crippen LogP contribution in [0.4, 0.5) is 0 Å². The number of hydrogen-bond acceptors (Lipinski definition) is 4. The van der Waals surface area contributed by atoms with Crippen molar-refractivity contribution >= 4 is 16.7 Å². The molecule has 0 fully saturated rings. The van der Waals surface area contributed by atoms with E-state index in [0.29, 0.717) is 24.6 Å². The number of rotatable bonds is 9. The van der Waals surface area contributed by atoms with Crippen molar-refractivity contribution in [3.05, 3.63) is 65.7 Å². The van der Waals surface area contributed by atoms with Gasteiger partial charge >= 0.3 is 0 Å². The van der Waals surface area contributed by atoms with E-state index in [2.05, 4.69) is 29.6 Å². The van der Waals surface area contributed by atoms with Crippen molar-refractivity contribution in [1.29, 1.82) is 0 Å². The first-order valence-electron chi connectivity index (χ1n) is 9.88. The highest BCUT2D eigenvalue weighted by Crippen LogP contribution is 2.27. The first-order chi connectivity index (χ1) is 14.5. The molecular weight excluding hydrogens is 380 g/mol. The van der Waals surface area contributed by atoms with Crippen LogP contribution in [-0.2, 0) is 17.9 Å². The molecule has 2 N–H and O–H groups in total. The predicted octanol–water partition coefficient (Wildman–Crippen LogP) is 2.20. The molecule has 1 unspecified atom stereocenters. The molecule has 1 atom stereocenters. The number of likely N-dealkylation sites (N-methyl/N-ethyl adjacent to an activating group) is 1. The van der Waals surface area contributed by atoms with E-state index in [9.17, 15) is 4.79 Å². The minimum atomic E-state index is 0.00723. The van der Waals surface area contributed by atoms with Crippen molar-refractivity contribution in [3.8, 4) is 17.2 Å². The van der Waals surface area contributed by atoms with Gasteiger partial charge in [-0.25, -0.2) is 0 Å². The van der Waals surface area contributed by atoms with Gasteiger partial charge in [-0.15, -0.1) is 0 Å². The lowest BCUT2D eigenvalue weighted by atomic mass is 10.1. The molecule has 0 heterocycles. The summed E-state index contributed by atoms with van der Waals surface area (Å²) in [5.41, 5.74) is 2.15. The zero-order chi connectivity index (χ0) is 21.5. The van der Waals surface area contributed by atoms with Crippen LogP contribution in [0.1, 0.15) is 11.1 Å². The molecule has 0 aliphatic heterocycles. The number of carbonyl (C=O) groups excluding carboxylic acids is 1. The van der Waals surface area contributed by atoms with Crippen molar-refractivity contribution in [2.24, 2.45) is 0 Å². The summed E-state index contributed by atoms with van der Waals surface area (Å²) in [6, 6.07) is 18.0. The number of fused-ring (bicyclic) bond motifs is 1. The van der Waals surface area contributed by atoms with Gasteiger partial charge in [-0.2, -0.15) is 0 Å². The van der Waals surface area contributed by atoms with Gasteiger partial charge in [-0.05, 0) is 46.7 Å². The number of benzene rings is 3. The molecule has 6 nitrogen and oxygen atoms in total. The SMILES string of the molecule is COc1ccc2cc(C[NH+](C)CC(=O)NCc3ccc(OC)c(OC)c3)ccc2c1. The molecule has 3 aromatic carbocycles. The van der Waals surface area contributed by atoms with E-state index in [-0.39, 0.29) is 5.91 Å². The Bertz CT molecular complexity index is 1020. The highest BCUT2D eigenvalue weighted by molar-refractivity contribution is 5.84. The largest absolute Gasteiger partial charge is 0.497 e. The number of quaternary nitrogens is 1. The average molecular weight is 410 g/mol. The Balaban J connectivity index is 1.53. The van der Waals surface area contributed by atoms with Crippen LogP contribution in [0.2, 0.25) is 0 Å². The Labute approximate surface area is 177 Å². The first-order valence-corrected chi connectivity index (χ1v) is 9.88. The molecule has 3 aromatic rings. The zero-order valence-electron chi connectivity index (χ0n) is 18.0. The highest BCUT2D eigenvalue weighted by Gasteiger charge is 2.12. The van der Waals surface area contributed by atoms with Gasteiger partial charge in [0.05, 0.1) is 28.4 Å². The Morgan fingerprint density at radius 3 is 2.27 bits per heavy atom. The van der Waals surface area contributed by atoms with Crippen LogP contribution in [0.25, 0.3) is 10.8 Å². The zero-order valence-corrected chi connectivity index (χ0v) is 18.0. The molecule has 0 radical (unpaired) electrons. The fourth-order valence-electron chi connectivity index (χ4n) is 3.45. The van der Waals surface area contributed by atoms with E-state index in [1.54, 1.807) is 21.3 Å². The lowest BCUT2D eigenvalue weighted by molar-refractivity contribution is -0.885. The molecule has 30 heavy (non-hydrogen) atoms. The van der Waals surface area contributed by atoms with Gasteiger partial charge in [0, 0.05) is 12.1 Å². The molecule has 0 bridgehead atoms. The van der Waals surface area contributed by atoms with E-state index in [0.717, 1.165) is 28.1 Å². The molecule has 0 aliphatic carbocycles. The minimum absolute atomic E-state index is 0.00723. The topological polar surface area (TPSA) is 61.2 Å². The maximum Gasteiger partial charge on any atom is 0.275 e. The minimum Gasteiger partial charge on any atom is -0.497 e. The van der Waals surface area contributed by atoms with Gasteiger partial charge < -0.3 is 24.4 Å². The van der Waals surface area contributed by atoms with Gasteiger partial charge in [0.1, 0.15) is 12.3 Å². The van der Waals surface area contributed by atoms with Crippen molar-refractivity contribution in [1.82, 2.24) is 5.32 Å². The molecule has 0 aliphatic rings. The Morgan fingerprint density at radius 1 is 0.833 bits per heavy atom. The molecule has 3 rings (SSSR count). The Kier molecular flexibility index (Phi) is 7.14. The summed E-state index contributed by atoms with van der Waals surface area (Å²) in [5, 5.41) is 5.28. The lowest BCUT2D eigenvalue weighted by Crippen LogP contribution is -3.08. The molecular formula is C24H29N2O4+. The molecule has 0 spiro atoms. The van der Waals surface area contributed by atoms with Gasteiger partial charge in [-0.3, -0.25) is 4.79 Å². The molecule has 158 valence electrons. The van der Waals surface area contributed by atoms with Crippen molar-refractivity contribution in [3.63, 3.8) is 0 Å². The van der Waals surface area contributed by atoms with Crippen LogP contribution in [-0.4, -0.2) is 40.8 Å². The summed E-state index contributed by atoms with van der Waals surface area (Å²) < 4.78 is 15.8. The smallest absolute Gasteiger partial charge is 0.275 e. The Morgan fingerprint density at radius 2 is 1.53 bits per heavy atom. The third-order valence-electron chi connectivity index (χ3n) is 5.02. The van der Waals surface area contributed by atoms with Crippen LogP contribution < -0.4 is 24.4 Å². The van der Waals surface area contributed by atoms with Crippen LogP contribution in [0, 0.1) is 0 Å². The predicted molar refractivity (Wildman–Crippen MR) is 117 cm³/mol. The second kappa shape index (κ2) is 9.98. The summed E-state index contributed by atoms with van der Waals surface area (Å²) in [7, 11) is 6.89. The van der Waals surface area contributed by atoms with Gasteiger partial charge in [-0.1, -0.05) is 24.3 Å². The molecule has 0 saturated carbocycles. The number of nitrogens with one attached hydrogen (secondary N) is 2. The number of hydrogen-bond donors (Lipinski definition) is 2. The first kappa shape index (κ1) is 21.5. The summed E-state index contributed by atoms with van der Waals surface area (Å²) in [6.07, 6.45) is 0. The molecule has 0 aromatic heterocycles. The lowest BCUT2D eigenvalue weighted by Gasteiger charge is -2.15. The van der Waals surface area contributed by atoms with Gasteiger partial charge in [0.2, 0.25) is 0 Å². The third-order valence-corrected chi connectivity index (χ3v) is 5.02. The average Bonchev–Trinajstić information content (AvgIpc) is 2.76. The summed E-state index contributed by atoms with van der Waals surface area (Å²) in [5.74, 6) is 2.18. The standard InChI is InChI=1S/C24H28N2O4/c1-26(15-18-5-7-20-13-21(28-2)9-8-19(20)11-18)16-24(27)25-14-17-6-10-22(29-3)23(12-17)30-4/h5-13H,14-16H2,1-4H3,(H,25,27)/p+1. The van der Waals surface area contributed by atoms with Crippen LogP contribution in [0.5, 0.6) is 17.2 Å². The van der Waals surface area contributed by atoms with E-state index in [4.69, 9.17) is 14.2 Å². The maximum absolute atomic E-state index is 12.4. The van der Waals surface area contributed by atoms with Crippen LogP contribution in [0.15, 0.2) is 54.6 Å². The fraction of sp³-hybridized carbons (Fsp3) is 0.292. The normalized spacial score (nSPS) is 11.7. The van der Waals surface area contributed by atoms with E-state index in [1.807, 2.05) is 37.4 Å². The van der Waals surface area contributed by atoms with Crippen molar-refractivity contribution in [2.75, 3.05) is 34.9 Å². The number of ether oxygens (including phenoxy) is 3. The second-order valence-corrected chi connectivity index (χ2v) is 7.32. The number of carbonyl (C=O) groups is 1. The van der Waals surface area contributed by atoms with Crippen molar-refractivity contribution in [2.45, 2.75) is 13.1 Å². The van der Waals surface area contributed by atoms with Gasteiger partial charge in [0.15, 0.2) is 18.0 Å². The molecule has 6 heteroatoms. The number of methoxy groups -OCH3 is 3.